The van der Waals surface area contributed by atoms with Crippen LogP contribution in [0.15, 0.2) is 67.5 Å². The summed E-state index contributed by atoms with van der Waals surface area (Å²) in [5, 5.41) is 13.2. The molecule has 0 aliphatic carbocycles. The molecule has 6 nitrogen and oxygen atoms in total. The van der Waals surface area contributed by atoms with Crippen molar-refractivity contribution in [1.82, 2.24) is 19.9 Å². The summed E-state index contributed by atoms with van der Waals surface area (Å²) in [6, 6.07) is 11.5. The topological polar surface area (TPSA) is 72.2 Å². The number of imidazole rings is 1. The fraction of sp³-hybridized carbons (Fsp3) is 0.222. The average molecular weight is 324 g/mol. The van der Waals surface area contributed by atoms with Crippen molar-refractivity contribution in [1.29, 1.82) is 0 Å². The van der Waals surface area contributed by atoms with Gasteiger partial charge in [-0.1, -0.05) is 6.07 Å². The van der Waals surface area contributed by atoms with Crippen LogP contribution in [-0.4, -0.2) is 39.3 Å². The molecule has 0 aliphatic rings. The summed E-state index contributed by atoms with van der Waals surface area (Å²) in [4.78, 5) is 8.02. The zero-order valence-corrected chi connectivity index (χ0v) is 13.2. The summed E-state index contributed by atoms with van der Waals surface area (Å²) in [5.74, 6) is 0.813. The molecule has 0 fully saturated rings. The number of ether oxygens (including phenoxy) is 1. The molecule has 3 rings (SSSR count). The highest BCUT2D eigenvalue weighted by molar-refractivity contribution is 5.37. The number of nitrogens with zero attached hydrogens (tertiary/aromatic N) is 3. The van der Waals surface area contributed by atoms with E-state index in [2.05, 4.69) is 15.3 Å². The fourth-order valence-corrected chi connectivity index (χ4v) is 2.30. The Balaban J connectivity index is 1.37. The zero-order valence-electron chi connectivity index (χ0n) is 13.2. The van der Waals surface area contributed by atoms with Gasteiger partial charge in [-0.25, -0.2) is 4.98 Å². The molecule has 0 bridgehead atoms. The first kappa shape index (κ1) is 16.2. The standard InChI is InChI=1S/C18H20N4O2/c23-18(15-2-1-7-19-12-15)13-20-9-11-24-17-5-3-16(4-6-17)22-10-8-21-14-22/h1-8,10,12,14,18,20,23H,9,11,13H2. The number of aromatic nitrogens is 3. The Hall–Kier alpha value is -2.70. The van der Waals surface area contributed by atoms with Gasteiger partial charge in [0.15, 0.2) is 0 Å². The SMILES string of the molecule is OC(CNCCOc1ccc(-n2ccnc2)cc1)c1cccnc1. The smallest absolute Gasteiger partial charge is 0.119 e. The lowest BCUT2D eigenvalue weighted by Gasteiger charge is -2.12. The molecule has 0 aliphatic heterocycles. The number of aliphatic hydroxyl groups excluding tert-OH is 1. The molecule has 1 unspecified atom stereocenters. The van der Waals surface area contributed by atoms with E-state index in [1.165, 1.54) is 0 Å². The summed E-state index contributed by atoms with van der Waals surface area (Å²) >= 11 is 0. The Labute approximate surface area is 140 Å². The first-order chi connectivity index (χ1) is 11.8. The van der Waals surface area contributed by atoms with Crippen LogP contribution in [0, 0.1) is 0 Å². The van der Waals surface area contributed by atoms with Gasteiger partial charge in [0.1, 0.15) is 12.4 Å². The molecule has 0 radical (unpaired) electrons. The molecule has 0 saturated heterocycles. The van der Waals surface area contributed by atoms with Crippen molar-refractivity contribution >= 4 is 0 Å². The number of hydrogen-bond donors (Lipinski definition) is 2. The van der Waals surface area contributed by atoms with Crippen molar-refractivity contribution in [2.45, 2.75) is 6.10 Å². The Morgan fingerprint density at radius 3 is 2.71 bits per heavy atom. The van der Waals surface area contributed by atoms with Gasteiger partial charge in [-0.3, -0.25) is 4.98 Å². The van der Waals surface area contributed by atoms with Gasteiger partial charge in [-0.2, -0.15) is 0 Å². The van der Waals surface area contributed by atoms with E-state index in [0.717, 1.165) is 17.0 Å². The monoisotopic (exact) mass is 324 g/mol. The van der Waals surface area contributed by atoms with Crippen LogP contribution in [0.2, 0.25) is 0 Å². The van der Waals surface area contributed by atoms with Crippen molar-refractivity contribution in [3.8, 4) is 11.4 Å². The Bertz CT molecular complexity index is 715. The Morgan fingerprint density at radius 1 is 1.12 bits per heavy atom. The molecule has 2 heterocycles. The van der Waals surface area contributed by atoms with E-state index in [1.807, 2.05) is 47.2 Å². The van der Waals surface area contributed by atoms with E-state index < -0.39 is 6.10 Å². The molecule has 1 aromatic carbocycles. The number of nitrogens with one attached hydrogen (secondary N) is 1. The minimum atomic E-state index is -0.562. The highest BCUT2D eigenvalue weighted by Crippen LogP contribution is 2.15. The van der Waals surface area contributed by atoms with Gasteiger partial charge in [-0.05, 0) is 30.3 Å². The summed E-state index contributed by atoms with van der Waals surface area (Å²) < 4.78 is 7.62. The summed E-state index contributed by atoms with van der Waals surface area (Å²) in [7, 11) is 0. The zero-order chi connectivity index (χ0) is 16.6. The predicted molar refractivity (Wildman–Crippen MR) is 91.1 cm³/mol. The first-order valence-electron chi connectivity index (χ1n) is 7.83. The summed E-state index contributed by atoms with van der Waals surface area (Å²) in [6.07, 6.45) is 8.20. The van der Waals surface area contributed by atoms with Crippen molar-refractivity contribution in [2.24, 2.45) is 0 Å². The second kappa shape index (κ2) is 8.24. The van der Waals surface area contributed by atoms with Crippen LogP contribution in [0.4, 0.5) is 0 Å². The maximum Gasteiger partial charge on any atom is 0.119 e. The molecule has 3 aromatic rings. The second-order valence-electron chi connectivity index (χ2n) is 5.32. The predicted octanol–water partition coefficient (Wildman–Crippen LogP) is 1.97. The van der Waals surface area contributed by atoms with Crippen LogP contribution >= 0.6 is 0 Å². The Morgan fingerprint density at radius 2 is 2.00 bits per heavy atom. The maximum absolute atomic E-state index is 10.0. The molecule has 24 heavy (non-hydrogen) atoms. The minimum Gasteiger partial charge on any atom is -0.492 e. The molecule has 124 valence electrons. The van der Waals surface area contributed by atoms with Crippen molar-refractivity contribution in [3.63, 3.8) is 0 Å². The number of benzene rings is 1. The van der Waals surface area contributed by atoms with Gasteiger partial charge in [-0.15, -0.1) is 0 Å². The van der Waals surface area contributed by atoms with E-state index in [4.69, 9.17) is 4.74 Å². The third kappa shape index (κ3) is 4.41. The lowest BCUT2D eigenvalue weighted by Crippen LogP contribution is -2.26. The summed E-state index contributed by atoms with van der Waals surface area (Å²) in [6.45, 7) is 1.65. The lowest BCUT2D eigenvalue weighted by atomic mass is 10.1. The highest BCUT2D eigenvalue weighted by Gasteiger charge is 2.06. The van der Waals surface area contributed by atoms with Crippen LogP contribution in [0.1, 0.15) is 11.7 Å². The van der Waals surface area contributed by atoms with E-state index in [0.29, 0.717) is 19.7 Å². The number of aliphatic hydroxyl groups is 1. The lowest BCUT2D eigenvalue weighted by molar-refractivity contribution is 0.171. The number of rotatable bonds is 8. The summed E-state index contributed by atoms with van der Waals surface area (Å²) in [5.41, 5.74) is 1.85. The maximum atomic E-state index is 10.0. The average Bonchev–Trinajstić information content (AvgIpc) is 3.17. The van der Waals surface area contributed by atoms with Gasteiger partial charge in [0.05, 0.1) is 12.4 Å². The van der Waals surface area contributed by atoms with Crippen LogP contribution < -0.4 is 10.1 Å². The van der Waals surface area contributed by atoms with Gasteiger partial charge < -0.3 is 19.7 Å². The van der Waals surface area contributed by atoms with Crippen LogP contribution in [0.3, 0.4) is 0 Å². The van der Waals surface area contributed by atoms with Crippen molar-refractivity contribution in [2.75, 3.05) is 19.7 Å². The largest absolute Gasteiger partial charge is 0.492 e. The van der Waals surface area contributed by atoms with E-state index in [-0.39, 0.29) is 0 Å². The molecule has 0 spiro atoms. The number of pyridine rings is 1. The quantitative estimate of drug-likeness (QED) is 0.620. The molecule has 0 saturated carbocycles. The second-order valence-corrected chi connectivity index (χ2v) is 5.32. The Kier molecular flexibility index (Phi) is 5.55. The van der Waals surface area contributed by atoms with Gasteiger partial charge in [0, 0.05) is 49.1 Å². The van der Waals surface area contributed by atoms with Gasteiger partial charge in [0.25, 0.3) is 0 Å². The van der Waals surface area contributed by atoms with Crippen LogP contribution in [0.25, 0.3) is 5.69 Å². The van der Waals surface area contributed by atoms with E-state index >= 15 is 0 Å². The van der Waals surface area contributed by atoms with Crippen molar-refractivity contribution in [3.05, 3.63) is 73.1 Å². The molecular formula is C18H20N4O2. The minimum absolute atomic E-state index is 0.467. The molecule has 0 amide bonds. The molecule has 2 aromatic heterocycles. The molecule has 1 atom stereocenters. The van der Waals surface area contributed by atoms with Crippen LogP contribution in [0.5, 0.6) is 5.75 Å². The molecular weight excluding hydrogens is 304 g/mol. The van der Waals surface area contributed by atoms with Gasteiger partial charge in [0.2, 0.25) is 0 Å². The molecule has 6 heteroatoms. The fourth-order valence-electron chi connectivity index (χ4n) is 2.30. The van der Waals surface area contributed by atoms with Crippen LogP contribution in [-0.2, 0) is 0 Å². The van der Waals surface area contributed by atoms with Gasteiger partial charge >= 0.3 is 0 Å². The van der Waals surface area contributed by atoms with E-state index in [9.17, 15) is 5.11 Å². The van der Waals surface area contributed by atoms with Crippen molar-refractivity contribution < 1.29 is 9.84 Å². The number of hydrogen-bond acceptors (Lipinski definition) is 5. The third-order valence-corrected chi connectivity index (χ3v) is 3.59. The first-order valence-corrected chi connectivity index (χ1v) is 7.83. The third-order valence-electron chi connectivity index (χ3n) is 3.59. The van der Waals surface area contributed by atoms with E-state index in [1.54, 1.807) is 24.9 Å². The highest BCUT2D eigenvalue weighted by atomic mass is 16.5. The molecule has 2 N–H and O–H groups in total. The normalized spacial score (nSPS) is 12.0.